The second-order valence-electron chi connectivity index (χ2n) is 6.44. The highest BCUT2D eigenvalue weighted by Crippen LogP contribution is 2.30. The molecule has 1 atom stereocenters. The SMILES string of the molecule is COc1ccccc1-c1nnc(SCC(=O)N2CCC[C@H](C)C2)n1C. The van der Waals surface area contributed by atoms with Crippen molar-refractivity contribution in [1.82, 2.24) is 19.7 Å². The number of thioether (sulfide) groups is 1. The molecule has 25 heavy (non-hydrogen) atoms. The van der Waals surface area contributed by atoms with E-state index in [1.807, 2.05) is 40.8 Å². The molecule has 1 aromatic heterocycles. The Kier molecular flexibility index (Phi) is 5.63. The number of carbonyl (C=O) groups excluding carboxylic acids is 1. The lowest BCUT2D eigenvalue weighted by molar-refractivity contribution is -0.130. The van der Waals surface area contributed by atoms with Crippen molar-refractivity contribution in [3.8, 4) is 17.1 Å². The Balaban J connectivity index is 1.68. The average Bonchev–Trinajstić information content (AvgIpc) is 3.00. The van der Waals surface area contributed by atoms with Crippen molar-refractivity contribution in [3.63, 3.8) is 0 Å². The summed E-state index contributed by atoms with van der Waals surface area (Å²) in [6, 6.07) is 7.72. The Hall–Kier alpha value is -2.02. The highest BCUT2D eigenvalue weighted by Gasteiger charge is 2.22. The van der Waals surface area contributed by atoms with Gasteiger partial charge in [-0.25, -0.2) is 0 Å². The van der Waals surface area contributed by atoms with E-state index in [9.17, 15) is 4.79 Å². The third kappa shape index (κ3) is 3.98. The van der Waals surface area contributed by atoms with Crippen LogP contribution in [0.2, 0.25) is 0 Å². The molecule has 0 spiro atoms. The summed E-state index contributed by atoms with van der Waals surface area (Å²) in [7, 11) is 3.56. The van der Waals surface area contributed by atoms with E-state index in [1.165, 1.54) is 18.2 Å². The van der Waals surface area contributed by atoms with Crippen LogP contribution < -0.4 is 4.74 Å². The molecular weight excluding hydrogens is 336 g/mol. The van der Waals surface area contributed by atoms with E-state index in [2.05, 4.69) is 17.1 Å². The molecule has 0 aliphatic carbocycles. The van der Waals surface area contributed by atoms with Gasteiger partial charge in [0.2, 0.25) is 5.91 Å². The molecule has 1 saturated heterocycles. The fraction of sp³-hybridized carbons (Fsp3) is 0.500. The first-order valence-corrected chi connectivity index (χ1v) is 9.52. The first kappa shape index (κ1) is 17.8. The first-order valence-electron chi connectivity index (χ1n) is 8.53. The van der Waals surface area contributed by atoms with Gasteiger partial charge in [0.25, 0.3) is 0 Å². The fourth-order valence-corrected chi connectivity index (χ4v) is 3.95. The number of carbonyl (C=O) groups is 1. The van der Waals surface area contributed by atoms with Crippen LogP contribution in [-0.2, 0) is 11.8 Å². The molecule has 1 fully saturated rings. The minimum Gasteiger partial charge on any atom is -0.496 e. The molecule has 3 rings (SSSR count). The summed E-state index contributed by atoms with van der Waals surface area (Å²) >= 11 is 1.44. The van der Waals surface area contributed by atoms with Crippen LogP contribution in [0.15, 0.2) is 29.4 Å². The lowest BCUT2D eigenvalue weighted by atomic mass is 10.0. The summed E-state index contributed by atoms with van der Waals surface area (Å²) in [6.45, 7) is 3.94. The summed E-state index contributed by atoms with van der Waals surface area (Å²) in [5.74, 6) is 2.66. The molecule has 1 aliphatic heterocycles. The van der Waals surface area contributed by atoms with Crippen LogP contribution in [0, 0.1) is 5.92 Å². The predicted octanol–water partition coefficient (Wildman–Crippen LogP) is 2.84. The number of nitrogens with zero attached hydrogens (tertiary/aromatic N) is 4. The largest absolute Gasteiger partial charge is 0.496 e. The fourth-order valence-electron chi connectivity index (χ4n) is 3.14. The van der Waals surface area contributed by atoms with Crippen LogP contribution in [0.4, 0.5) is 0 Å². The highest BCUT2D eigenvalue weighted by molar-refractivity contribution is 7.99. The monoisotopic (exact) mass is 360 g/mol. The quantitative estimate of drug-likeness (QED) is 0.768. The minimum absolute atomic E-state index is 0.179. The predicted molar refractivity (Wildman–Crippen MR) is 98.7 cm³/mol. The Morgan fingerprint density at radius 1 is 1.36 bits per heavy atom. The third-order valence-corrected chi connectivity index (χ3v) is 5.52. The van der Waals surface area contributed by atoms with Crippen molar-refractivity contribution in [2.45, 2.75) is 24.9 Å². The number of piperidine rings is 1. The van der Waals surface area contributed by atoms with E-state index in [1.54, 1.807) is 7.11 Å². The van der Waals surface area contributed by atoms with E-state index in [0.717, 1.165) is 41.8 Å². The molecule has 7 heteroatoms. The van der Waals surface area contributed by atoms with Crippen LogP contribution in [-0.4, -0.2) is 51.5 Å². The normalized spacial score (nSPS) is 17.6. The van der Waals surface area contributed by atoms with Crippen LogP contribution in [0.5, 0.6) is 5.75 Å². The molecule has 0 unspecified atom stereocenters. The summed E-state index contributed by atoms with van der Waals surface area (Å²) in [6.07, 6.45) is 2.31. The molecule has 6 nitrogen and oxygen atoms in total. The second-order valence-corrected chi connectivity index (χ2v) is 7.38. The Labute approximate surface area is 152 Å². The molecule has 0 N–H and O–H groups in total. The van der Waals surface area contributed by atoms with Gasteiger partial charge >= 0.3 is 0 Å². The van der Waals surface area contributed by atoms with Gasteiger partial charge in [0.05, 0.1) is 18.4 Å². The molecule has 0 saturated carbocycles. The van der Waals surface area contributed by atoms with Crippen molar-refractivity contribution in [1.29, 1.82) is 0 Å². The molecule has 1 aliphatic rings. The Morgan fingerprint density at radius 3 is 2.92 bits per heavy atom. The van der Waals surface area contributed by atoms with E-state index in [0.29, 0.717) is 11.7 Å². The zero-order chi connectivity index (χ0) is 17.8. The van der Waals surface area contributed by atoms with Crippen LogP contribution in [0.1, 0.15) is 19.8 Å². The van der Waals surface area contributed by atoms with E-state index >= 15 is 0 Å². The van der Waals surface area contributed by atoms with Crippen molar-refractivity contribution in [3.05, 3.63) is 24.3 Å². The van der Waals surface area contributed by atoms with Gasteiger partial charge in [-0.3, -0.25) is 4.79 Å². The molecule has 0 bridgehead atoms. The highest BCUT2D eigenvalue weighted by atomic mass is 32.2. The molecule has 1 aromatic carbocycles. The van der Waals surface area contributed by atoms with Gasteiger partial charge in [-0.05, 0) is 30.9 Å². The summed E-state index contributed by atoms with van der Waals surface area (Å²) in [5, 5.41) is 9.27. The van der Waals surface area contributed by atoms with Gasteiger partial charge in [-0.15, -0.1) is 10.2 Å². The smallest absolute Gasteiger partial charge is 0.233 e. The molecule has 2 aromatic rings. The van der Waals surface area contributed by atoms with Crippen molar-refractivity contribution in [2.75, 3.05) is 26.0 Å². The number of benzene rings is 1. The number of methoxy groups -OCH3 is 1. The number of para-hydroxylation sites is 1. The van der Waals surface area contributed by atoms with E-state index in [4.69, 9.17) is 4.74 Å². The number of ether oxygens (including phenoxy) is 1. The maximum absolute atomic E-state index is 12.4. The first-order chi connectivity index (χ1) is 12.1. The Bertz CT molecular complexity index is 746. The standard InChI is InChI=1S/C18H24N4O2S/c1-13-7-6-10-22(11-13)16(23)12-25-18-20-19-17(21(18)2)14-8-4-5-9-15(14)24-3/h4-5,8-9,13H,6-7,10-12H2,1-3H3/t13-/m0/s1. The van der Waals surface area contributed by atoms with Gasteiger partial charge < -0.3 is 14.2 Å². The van der Waals surface area contributed by atoms with Gasteiger partial charge in [-0.2, -0.15) is 0 Å². The van der Waals surface area contributed by atoms with Gasteiger partial charge in [-0.1, -0.05) is 30.8 Å². The number of hydrogen-bond donors (Lipinski definition) is 0. The minimum atomic E-state index is 0.179. The second kappa shape index (κ2) is 7.91. The maximum Gasteiger partial charge on any atom is 0.233 e. The van der Waals surface area contributed by atoms with Gasteiger partial charge in [0, 0.05) is 20.1 Å². The number of likely N-dealkylation sites (tertiary alicyclic amines) is 1. The van der Waals surface area contributed by atoms with E-state index in [-0.39, 0.29) is 5.91 Å². The Morgan fingerprint density at radius 2 is 2.16 bits per heavy atom. The third-order valence-electron chi connectivity index (χ3n) is 4.52. The van der Waals surface area contributed by atoms with Gasteiger partial charge in [0.15, 0.2) is 11.0 Å². The zero-order valence-corrected chi connectivity index (χ0v) is 15.8. The number of hydrogen-bond acceptors (Lipinski definition) is 5. The molecule has 0 radical (unpaired) electrons. The molecule has 2 heterocycles. The van der Waals surface area contributed by atoms with Crippen molar-refractivity contribution >= 4 is 17.7 Å². The van der Waals surface area contributed by atoms with E-state index < -0.39 is 0 Å². The lowest BCUT2D eigenvalue weighted by Gasteiger charge is -2.30. The zero-order valence-electron chi connectivity index (χ0n) is 14.9. The van der Waals surface area contributed by atoms with Crippen LogP contribution in [0.25, 0.3) is 11.4 Å². The topological polar surface area (TPSA) is 60.3 Å². The summed E-state index contributed by atoms with van der Waals surface area (Å²) in [5.41, 5.74) is 0.892. The number of aromatic nitrogens is 3. The summed E-state index contributed by atoms with van der Waals surface area (Å²) in [4.78, 5) is 14.4. The molecule has 1 amide bonds. The molecular formula is C18H24N4O2S. The van der Waals surface area contributed by atoms with Crippen LogP contribution >= 0.6 is 11.8 Å². The number of amides is 1. The average molecular weight is 360 g/mol. The maximum atomic E-state index is 12.4. The van der Waals surface area contributed by atoms with Crippen molar-refractivity contribution in [2.24, 2.45) is 13.0 Å². The van der Waals surface area contributed by atoms with Gasteiger partial charge in [0.1, 0.15) is 5.75 Å². The number of rotatable bonds is 5. The van der Waals surface area contributed by atoms with Crippen molar-refractivity contribution < 1.29 is 9.53 Å². The summed E-state index contributed by atoms with van der Waals surface area (Å²) < 4.78 is 7.31. The lowest BCUT2D eigenvalue weighted by Crippen LogP contribution is -2.40. The molecule has 134 valence electrons. The van der Waals surface area contributed by atoms with Crippen LogP contribution in [0.3, 0.4) is 0 Å².